The van der Waals surface area contributed by atoms with Crippen LogP contribution in [0.25, 0.3) is 11.5 Å². The van der Waals surface area contributed by atoms with E-state index in [9.17, 15) is 4.79 Å². The highest BCUT2D eigenvalue weighted by atomic mass is 32.2. The molecule has 0 atom stereocenters. The summed E-state index contributed by atoms with van der Waals surface area (Å²) in [4.78, 5) is 18.5. The van der Waals surface area contributed by atoms with Crippen LogP contribution in [0.2, 0.25) is 0 Å². The molecule has 0 aliphatic rings. The first-order valence-corrected chi connectivity index (χ1v) is 6.16. The summed E-state index contributed by atoms with van der Waals surface area (Å²) in [5, 5.41) is 9.41. The van der Waals surface area contributed by atoms with Gasteiger partial charge in [0.2, 0.25) is 0 Å². The van der Waals surface area contributed by atoms with E-state index in [1.807, 2.05) is 6.07 Å². The fourth-order valence-corrected chi connectivity index (χ4v) is 2.00. The number of aromatic amines is 1. The molecule has 0 saturated heterocycles. The van der Waals surface area contributed by atoms with Gasteiger partial charge in [0.15, 0.2) is 10.9 Å². The number of nitrogens with zero attached hydrogens (tertiary/aromatic N) is 2. The number of H-pyrrole nitrogens is 1. The van der Waals surface area contributed by atoms with Crippen molar-refractivity contribution in [3.05, 3.63) is 34.3 Å². The lowest BCUT2D eigenvalue weighted by molar-refractivity contribution is 0.578. The molecule has 7 heteroatoms. The Morgan fingerprint density at radius 1 is 1.61 bits per heavy atom. The van der Waals surface area contributed by atoms with Crippen molar-refractivity contribution in [2.75, 3.05) is 12.3 Å². The molecule has 3 N–H and O–H groups in total. The zero-order valence-corrected chi connectivity index (χ0v) is 10.2. The van der Waals surface area contributed by atoms with Crippen LogP contribution in [0.15, 0.2) is 32.8 Å². The van der Waals surface area contributed by atoms with Crippen LogP contribution in [0, 0.1) is 11.3 Å². The SMILES string of the molecule is N#Cc1c(-c2ccco2)nc(SCCN)[nH]c1=O. The molecule has 0 radical (unpaired) electrons. The van der Waals surface area contributed by atoms with Crippen molar-refractivity contribution < 1.29 is 4.42 Å². The Labute approximate surface area is 107 Å². The van der Waals surface area contributed by atoms with Gasteiger partial charge >= 0.3 is 0 Å². The Balaban J connectivity index is 2.52. The Kier molecular flexibility index (Phi) is 3.82. The van der Waals surface area contributed by atoms with E-state index in [0.29, 0.717) is 23.2 Å². The van der Waals surface area contributed by atoms with E-state index in [4.69, 9.17) is 15.4 Å². The third-order valence-electron chi connectivity index (χ3n) is 2.12. The minimum absolute atomic E-state index is 0.0537. The van der Waals surface area contributed by atoms with Crippen molar-refractivity contribution in [3.8, 4) is 17.5 Å². The number of nitrogens with two attached hydrogens (primary N) is 1. The predicted molar refractivity (Wildman–Crippen MR) is 67.1 cm³/mol. The minimum Gasteiger partial charge on any atom is -0.463 e. The quantitative estimate of drug-likeness (QED) is 0.627. The molecule has 0 fully saturated rings. The Morgan fingerprint density at radius 2 is 2.44 bits per heavy atom. The van der Waals surface area contributed by atoms with Crippen molar-refractivity contribution >= 4 is 11.8 Å². The highest BCUT2D eigenvalue weighted by Gasteiger charge is 2.15. The van der Waals surface area contributed by atoms with E-state index in [1.54, 1.807) is 12.1 Å². The predicted octanol–water partition coefficient (Wildman–Crippen LogP) is 0.952. The number of thioether (sulfide) groups is 1. The van der Waals surface area contributed by atoms with Crippen molar-refractivity contribution in [1.29, 1.82) is 5.26 Å². The summed E-state index contributed by atoms with van der Waals surface area (Å²) in [7, 11) is 0. The Hall–Kier alpha value is -2.04. The fourth-order valence-electron chi connectivity index (χ4n) is 1.37. The molecular formula is C11H10N4O2S. The highest BCUT2D eigenvalue weighted by molar-refractivity contribution is 7.99. The molecule has 0 aromatic carbocycles. The molecule has 2 heterocycles. The summed E-state index contributed by atoms with van der Waals surface area (Å²) < 4.78 is 5.18. The lowest BCUT2D eigenvalue weighted by atomic mass is 10.2. The molecule has 2 aromatic rings. The van der Waals surface area contributed by atoms with Crippen LogP contribution in [0.3, 0.4) is 0 Å². The Morgan fingerprint density at radius 3 is 3.06 bits per heavy atom. The number of aromatic nitrogens is 2. The van der Waals surface area contributed by atoms with Gasteiger partial charge in [0.05, 0.1) is 6.26 Å². The van der Waals surface area contributed by atoms with Crippen LogP contribution >= 0.6 is 11.8 Å². The Bertz CT molecular complexity index is 627. The maximum atomic E-state index is 11.7. The topological polar surface area (TPSA) is 109 Å². The number of nitrogens with one attached hydrogen (secondary N) is 1. The van der Waals surface area contributed by atoms with E-state index < -0.39 is 5.56 Å². The molecule has 2 rings (SSSR count). The van der Waals surface area contributed by atoms with E-state index in [2.05, 4.69) is 9.97 Å². The van der Waals surface area contributed by atoms with Crippen LogP contribution in [0.1, 0.15) is 5.56 Å². The summed E-state index contributed by atoms with van der Waals surface area (Å²) in [6, 6.07) is 5.16. The van der Waals surface area contributed by atoms with Crippen molar-refractivity contribution in [2.45, 2.75) is 5.16 Å². The number of furan rings is 1. The van der Waals surface area contributed by atoms with Crippen LogP contribution in [-0.4, -0.2) is 22.3 Å². The van der Waals surface area contributed by atoms with Gasteiger partial charge in [-0.1, -0.05) is 11.8 Å². The first kappa shape index (κ1) is 12.4. The average molecular weight is 262 g/mol. The van der Waals surface area contributed by atoms with Crippen LogP contribution < -0.4 is 11.3 Å². The van der Waals surface area contributed by atoms with Crippen LogP contribution in [0.4, 0.5) is 0 Å². The molecular weight excluding hydrogens is 252 g/mol. The first-order valence-electron chi connectivity index (χ1n) is 5.17. The summed E-state index contributed by atoms with van der Waals surface area (Å²) in [5.74, 6) is 1.03. The zero-order valence-electron chi connectivity index (χ0n) is 9.34. The normalized spacial score (nSPS) is 10.2. The minimum atomic E-state index is -0.474. The van der Waals surface area contributed by atoms with Gasteiger partial charge in [0.1, 0.15) is 17.3 Å². The van der Waals surface area contributed by atoms with E-state index in [-0.39, 0.29) is 11.3 Å². The molecule has 2 aromatic heterocycles. The van der Waals surface area contributed by atoms with Gasteiger partial charge in [-0.2, -0.15) is 5.26 Å². The third-order valence-corrected chi connectivity index (χ3v) is 3.03. The third kappa shape index (κ3) is 2.45. The van der Waals surface area contributed by atoms with E-state index >= 15 is 0 Å². The number of nitriles is 1. The monoisotopic (exact) mass is 262 g/mol. The first-order chi connectivity index (χ1) is 8.76. The van der Waals surface area contributed by atoms with Crippen molar-refractivity contribution in [3.63, 3.8) is 0 Å². The molecule has 0 saturated carbocycles. The second-order valence-corrected chi connectivity index (χ2v) is 4.40. The molecule has 0 aliphatic heterocycles. The van der Waals surface area contributed by atoms with Gasteiger partial charge < -0.3 is 15.1 Å². The molecule has 0 bridgehead atoms. The maximum absolute atomic E-state index is 11.7. The van der Waals surface area contributed by atoms with Gasteiger partial charge in [0, 0.05) is 12.3 Å². The smallest absolute Gasteiger partial charge is 0.270 e. The van der Waals surface area contributed by atoms with E-state index in [0.717, 1.165) is 0 Å². The molecule has 0 spiro atoms. The molecule has 6 nitrogen and oxygen atoms in total. The summed E-state index contributed by atoms with van der Waals surface area (Å²) >= 11 is 1.32. The van der Waals surface area contributed by atoms with E-state index in [1.165, 1.54) is 18.0 Å². The zero-order chi connectivity index (χ0) is 13.0. The number of hydrogen-bond acceptors (Lipinski definition) is 6. The standard InChI is InChI=1S/C11H10N4O2S/c12-3-5-18-11-14-9(8-2-1-4-17-8)7(6-13)10(16)15-11/h1-2,4H,3,5,12H2,(H,14,15,16). The second kappa shape index (κ2) is 5.53. The van der Waals surface area contributed by atoms with Gasteiger partial charge in [0.25, 0.3) is 5.56 Å². The summed E-state index contributed by atoms with van der Waals surface area (Å²) in [6.45, 7) is 0.477. The maximum Gasteiger partial charge on any atom is 0.270 e. The summed E-state index contributed by atoms with van der Waals surface area (Å²) in [5.41, 5.74) is 5.12. The number of rotatable bonds is 4. The van der Waals surface area contributed by atoms with Crippen molar-refractivity contribution in [2.24, 2.45) is 5.73 Å². The molecule has 92 valence electrons. The highest BCUT2D eigenvalue weighted by Crippen LogP contribution is 2.21. The van der Waals surface area contributed by atoms with Gasteiger partial charge in [-0.25, -0.2) is 4.98 Å². The molecule has 0 amide bonds. The fraction of sp³-hybridized carbons (Fsp3) is 0.182. The average Bonchev–Trinajstić information content (AvgIpc) is 2.89. The number of hydrogen-bond donors (Lipinski definition) is 2. The van der Waals surface area contributed by atoms with Crippen LogP contribution in [-0.2, 0) is 0 Å². The van der Waals surface area contributed by atoms with Gasteiger partial charge in [-0.15, -0.1) is 0 Å². The molecule has 18 heavy (non-hydrogen) atoms. The largest absolute Gasteiger partial charge is 0.463 e. The van der Waals surface area contributed by atoms with Gasteiger partial charge in [-0.3, -0.25) is 4.79 Å². The lowest BCUT2D eigenvalue weighted by Gasteiger charge is -2.03. The van der Waals surface area contributed by atoms with Gasteiger partial charge in [-0.05, 0) is 12.1 Å². The summed E-state index contributed by atoms with van der Waals surface area (Å²) in [6.07, 6.45) is 1.46. The second-order valence-electron chi connectivity index (χ2n) is 3.32. The van der Waals surface area contributed by atoms with Crippen LogP contribution in [0.5, 0.6) is 0 Å². The molecule has 0 aliphatic carbocycles. The lowest BCUT2D eigenvalue weighted by Crippen LogP contribution is -2.15. The van der Waals surface area contributed by atoms with Crippen molar-refractivity contribution in [1.82, 2.24) is 9.97 Å². The molecule has 0 unspecified atom stereocenters.